The SMILES string of the molecule is O=C(C1CCC1)N1CC[C@H](c2ccn[nH]2)C1. The van der Waals surface area contributed by atoms with Crippen molar-refractivity contribution in [3.05, 3.63) is 18.0 Å². The molecule has 4 heteroatoms. The summed E-state index contributed by atoms with van der Waals surface area (Å²) < 4.78 is 0. The summed E-state index contributed by atoms with van der Waals surface area (Å²) in [5, 5.41) is 6.98. The molecule has 0 bridgehead atoms. The van der Waals surface area contributed by atoms with Gasteiger partial charge >= 0.3 is 0 Å². The molecule has 0 spiro atoms. The number of aromatic amines is 1. The number of H-pyrrole nitrogens is 1. The van der Waals surface area contributed by atoms with Gasteiger partial charge in [-0.1, -0.05) is 6.42 Å². The summed E-state index contributed by atoms with van der Waals surface area (Å²) in [7, 11) is 0. The van der Waals surface area contributed by atoms with Gasteiger partial charge in [-0.3, -0.25) is 9.89 Å². The Bertz CT molecular complexity index is 370. The molecule has 1 aromatic rings. The minimum atomic E-state index is 0.334. The molecule has 16 heavy (non-hydrogen) atoms. The number of hydrogen-bond donors (Lipinski definition) is 1. The Morgan fingerprint density at radius 3 is 2.94 bits per heavy atom. The van der Waals surface area contributed by atoms with Crippen LogP contribution in [-0.2, 0) is 4.79 Å². The van der Waals surface area contributed by atoms with Gasteiger partial charge in [0.25, 0.3) is 0 Å². The molecule has 1 aliphatic carbocycles. The predicted octanol–water partition coefficient (Wildman–Crippen LogP) is 1.53. The molecule has 1 amide bonds. The lowest BCUT2D eigenvalue weighted by molar-refractivity contribution is -0.137. The van der Waals surface area contributed by atoms with Gasteiger partial charge < -0.3 is 4.90 Å². The number of carbonyl (C=O) groups is 1. The van der Waals surface area contributed by atoms with Crippen molar-refractivity contribution < 1.29 is 4.79 Å². The van der Waals surface area contributed by atoms with Crippen molar-refractivity contribution >= 4 is 5.91 Å². The second-order valence-electron chi connectivity index (χ2n) is 4.91. The molecule has 1 saturated heterocycles. The molecule has 0 aromatic carbocycles. The number of nitrogens with zero attached hydrogens (tertiary/aromatic N) is 2. The lowest BCUT2D eigenvalue weighted by Crippen LogP contribution is -2.37. The molecule has 0 unspecified atom stereocenters. The van der Waals surface area contributed by atoms with E-state index >= 15 is 0 Å². The Morgan fingerprint density at radius 1 is 1.44 bits per heavy atom. The minimum absolute atomic E-state index is 0.334. The van der Waals surface area contributed by atoms with Crippen molar-refractivity contribution in [1.29, 1.82) is 0 Å². The van der Waals surface area contributed by atoms with E-state index in [2.05, 4.69) is 10.2 Å². The van der Waals surface area contributed by atoms with E-state index in [-0.39, 0.29) is 0 Å². The molecule has 1 aromatic heterocycles. The average Bonchev–Trinajstić information content (AvgIpc) is 2.86. The molecule has 2 heterocycles. The maximum absolute atomic E-state index is 12.0. The van der Waals surface area contributed by atoms with Crippen LogP contribution >= 0.6 is 0 Å². The molecule has 3 rings (SSSR count). The van der Waals surface area contributed by atoms with Crippen molar-refractivity contribution in [2.24, 2.45) is 5.92 Å². The second-order valence-corrected chi connectivity index (χ2v) is 4.91. The lowest BCUT2D eigenvalue weighted by Gasteiger charge is -2.29. The van der Waals surface area contributed by atoms with Crippen LogP contribution in [0.25, 0.3) is 0 Å². The molecule has 1 N–H and O–H groups in total. The van der Waals surface area contributed by atoms with Crippen molar-refractivity contribution in [1.82, 2.24) is 15.1 Å². The summed E-state index contributed by atoms with van der Waals surface area (Å²) in [5.74, 6) is 1.18. The molecule has 2 aliphatic rings. The largest absolute Gasteiger partial charge is 0.342 e. The van der Waals surface area contributed by atoms with Crippen LogP contribution in [0, 0.1) is 5.92 Å². The highest BCUT2D eigenvalue weighted by atomic mass is 16.2. The molecule has 4 nitrogen and oxygen atoms in total. The first-order valence-corrected chi connectivity index (χ1v) is 6.12. The third-order valence-corrected chi connectivity index (χ3v) is 3.92. The smallest absolute Gasteiger partial charge is 0.225 e. The Labute approximate surface area is 95.0 Å². The first kappa shape index (κ1) is 9.87. The van der Waals surface area contributed by atoms with Crippen LogP contribution in [0.3, 0.4) is 0 Å². The van der Waals surface area contributed by atoms with Crippen molar-refractivity contribution in [3.8, 4) is 0 Å². The Kier molecular flexibility index (Phi) is 2.42. The zero-order valence-electron chi connectivity index (χ0n) is 9.35. The average molecular weight is 219 g/mol. The molecular formula is C12H17N3O. The van der Waals surface area contributed by atoms with E-state index in [0.29, 0.717) is 17.7 Å². The minimum Gasteiger partial charge on any atom is -0.342 e. The van der Waals surface area contributed by atoms with Crippen LogP contribution in [0.2, 0.25) is 0 Å². The van der Waals surface area contributed by atoms with Gasteiger partial charge in [-0.25, -0.2) is 0 Å². The third-order valence-electron chi connectivity index (χ3n) is 3.92. The molecular weight excluding hydrogens is 202 g/mol. The van der Waals surface area contributed by atoms with Crippen molar-refractivity contribution in [3.63, 3.8) is 0 Å². The van der Waals surface area contributed by atoms with E-state index in [1.807, 2.05) is 11.0 Å². The van der Waals surface area contributed by atoms with E-state index < -0.39 is 0 Å². The van der Waals surface area contributed by atoms with E-state index in [9.17, 15) is 4.79 Å². The van der Waals surface area contributed by atoms with E-state index in [4.69, 9.17) is 0 Å². The predicted molar refractivity (Wildman–Crippen MR) is 59.9 cm³/mol. The number of aromatic nitrogens is 2. The Morgan fingerprint density at radius 2 is 2.31 bits per heavy atom. The Hall–Kier alpha value is -1.32. The molecule has 2 fully saturated rings. The first-order chi connectivity index (χ1) is 7.84. The maximum atomic E-state index is 12.0. The van der Waals surface area contributed by atoms with Gasteiger partial charge in [0, 0.05) is 36.8 Å². The van der Waals surface area contributed by atoms with Crippen molar-refractivity contribution in [2.75, 3.05) is 13.1 Å². The van der Waals surface area contributed by atoms with Crippen LogP contribution in [0.15, 0.2) is 12.3 Å². The van der Waals surface area contributed by atoms with Gasteiger partial charge in [0.1, 0.15) is 0 Å². The monoisotopic (exact) mass is 219 g/mol. The van der Waals surface area contributed by atoms with Gasteiger partial charge in [-0.2, -0.15) is 5.10 Å². The lowest BCUT2D eigenvalue weighted by atomic mass is 9.84. The number of carbonyl (C=O) groups excluding carboxylic acids is 1. The van der Waals surface area contributed by atoms with E-state index in [1.165, 1.54) is 12.1 Å². The topological polar surface area (TPSA) is 49.0 Å². The highest BCUT2D eigenvalue weighted by molar-refractivity contribution is 5.80. The number of hydrogen-bond acceptors (Lipinski definition) is 2. The van der Waals surface area contributed by atoms with Crippen LogP contribution in [0.5, 0.6) is 0 Å². The van der Waals surface area contributed by atoms with Gasteiger partial charge in [-0.05, 0) is 25.3 Å². The molecule has 1 saturated carbocycles. The van der Waals surface area contributed by atoms with Crippen LogP contribution in [0.4, 0.5) is 0 Å². The molecule has 1 aliphatic heterocycles. The molecule has 86 valence electrons. The summed E-state index contributed by atoms with van der Waals surface area (Å²) >= 11 is 0. The summed E-state index contributed by atoms with van der Waals surface area (Å²) in [6, 6.07) is 2.02. The van der Waals surface area contributed by atoms with Gasteiger partial charge in [-0.15, -0.1) is 0 Å². The standard InChI is InChI=1S/C12H17N3O/c16-12(9-2-1-3-9)15-7-5-10(8-15)11-4-6-13-14-11/h4,6,9-10H,1-3,5,7-8H2,(H,13,14)/t10-/m0/s1. The number of amides is 1. The van der Waals surface area contributed by atoms with Crippen LogP contribution in [-0.4, -0.2) is 34.1 Å². The summed E-state index contributed by atoms with van der Waals surface area (Å²) in [5.41, 5.74) is 1.17. The fourth-order valence-corrected chi connectivity index (χ4v) is 2.62. The zero-order chi connectivity index (χ0) is 11.0. The first-order valence-electron chi connectivity index (χ1n) is 6.12. The second kappa shape index (κ2) is 3.92. The van der Waals surface area contributed by atoms with Crippen molar-refractivity contribution in [2.45, 2.75) is 31.6 Å². The van der Waals surface area contributed by atoms with Gasteiger partial charge in [0.05, 0.1) is 0 Å². The van der Waals surface area contributed by atoms with Gasteiger partial charge in [0.2, 0.25) is 5.91 Å². The number of rotatable bonds is 2. The number of nitrogens with one attached hydrogen (secondary N) is 1. The fraction of sp³-hybridized carbons (Fsp3) is 0.667. The highest BCUT2D eigenvalue weighted by Gasteiger charge is 2.34. The highest BCUT2D eigenvalue weighted by Crippen LogP contribution is 2.32. The summed E-state index contributed by atoms with van der Waals surface area (Å²) in [4.78, 5) is 14.1. The third kappa shape index (κ3) is 1.62. The Balaban J connectivity index is 1.62. The fourth-order valence-electron chi connectivity index (χ4n) is 2.62. The quantitative estimate of drug-likeness (QED) is 0.820. The maximum Gasteiger partial charge on any atom is 0.225 e. The summed E-state index contributed by atoms with van der Waals surface area (Å²) in [6.45, 7) is 1.79. The normalized spacial score (nSPS) is 25.8. The van der Waals surface area contributed by atoms with Crippen LogP contribution in [0.1, 0.15) is 37.3 Å². The van der Waals surface area contributed by atoms with Gasteiger partial charge in [0.15, 0.2) is 0 Å². The van der Waals surface area contributed by atoms with E-state index in [0.717, 1.165) is 32.4 Å². The zero-order valence-corrected chi connectivity index (χ0v) is 9.35. The van der Waals surface area contributed by atoms with E-state index in [1.54, 1.807) is 6.20 Å². The number of likely N-dealkylation sites (tertiary alicyclic amines) is 1. The van der Waals surface area contributed by atoms with Crippen LogP contribution < -0.4 is 0 Å². The molecule has 0 radical (unpaired) electrons. The summed E-state index contributed by atoms with van der Waals surface area (Å²) in [6.07, 6.45) is 6.29. The molecule has 1 atom stereocenters.